The summed E-state index contributed by atoms with van der Waals surface area (Å²) in [6.45, 7) is -1.89. The van der Waals surface area contributed by atoms with Gasteiger partial charge in [0.2, 0.25) is 0 Å². The van der Waals surface area contributed by atoms with Gasteiger partial charge in [-0.25, -0.2) is 32.4 Å². The number of nitrogens with zero attached hydrogens (tertiary/aromatic N) is 4. The minimum absolute atomic E-state index is 0.0787. The summed E-state index contributed by atoms with van der Waals surface area (Å²) in [6.07, 6.45) is -10.3. The molecule has 0 aliphatic carbocycles. The fourth-order valence-corrected chi connectivity index (χ4v) is 8.86. The van der Waals surface area contributed by atoms with Gasteiger partial charge in [-0.05, 0) is 12.1 Å². The lowest BCUT2D eigenvalue weighted by atomic mass is 10.1. The zero-order valence-corrected chi connectivity index (χ0v) is 30.6. The molecular weight excluding hydrogens is 855 g/mol. The van der Waals surface area contributed by atoms with Crippen molar-refractivity contribution in [3.8, 4) is 0 Å². The van der Waals surface area contributed by atoms with Crippen molar-refractivity contribution < 1.29 is 109 Å². The van der Waals surface area contributed by atoms with E-state index in [1.807, 2.05) is 0 Å². The van der Waals surface area contributed by atoms with E-state index in [4.69, 9.17) is 50.3 Å². The van der Waals surface area contributed by atoms with Crippen molar-refractivity contribution in [3.05, 3.63) is 45.5 Å². The molecule has 15 N–H and O–H groups in total. The zero-order valence-electron chi connectivity index (χ0n) is 26.2. The first-order valence-corrected chi connectivity index (χ1v) is 21.3. The molecule has 2 fully saturated rings. The van der Waals surface area contributed by atoms with E-state index in [2.05, 4.69) is 31.9 Å². The number of nitrogen functional groups attached to an aromatic ring is 2. The Balaban J connectivity index is 0.000000294. The molecule has 2 aliphatic rings. The molecule has 3 unspecified atom stereocenters. The van der Waals surface area contributed by atoms with Crippen LogP contribution in [0.3, 0.4) is 0 Å². The predicted octanol–water partition coefficient (Wildman–Crippen LogP) is -4.54. The highest BCUT2D eigenvalue weighted by Crippen LogP contribution is 2.66. The van der Waals surface area contributed by atoms with Crippen LogP contribution < -0.4 is 22.8 Å². The van der Waals surface area contributed by atoms with E-state index in [0.717, 1.165) is 21.5 Å². The van der Waals surface area contributed by atoms with Gasteiger partial charge in [-0.3, -0.25) is 18.2 Å². The minimum atomic E-state index is -5.71. The number of rotatable bonds is 14. The highest BCUT2D eigenvalue weighted by atomic mass is 31.3. The first-order valence-electron chi connectivity index (χ1n) is 13.7. The average molecular weight is 886 g/mol. The molecule has 0 radical (unpaired) electrons. The van der Waals surface area contributed by atoms with Crippen LogP contribution in [0.5, 0.6) is 0 Å². The summed E-state index contributed by atoms with van der Waals surface area (Å²) < 4.78 is 86.6. The minimum Gasteiger partial charge on any atom is -0.387 e. The van der Waals surface area contributed by atoms with Gasteiger partial charge >= 0.3 is 50.5 Å². The van der Waals surface area contributed by atoms with Crippen LogP contribution in [-0.2, 0) is 54.3 Å². The summed E-state index contributed by atoms with van der Waals surface area (Å²) in [4.78, 5) is 91.8. The quantitative estimate of drug-likeness (QED) is 0.0795. The van der Waals surface area contributed by atoms with Crippen LogP contribution in [0, 0.1) is 0 Å². The molecule has 11 atom stereocenters. The van der Waals surface area contributed by atoms with Gasteiger partial charge in [0.25, 0.3) is 0 Å². The summed E-state index contributed by atoms with van der Waals surface area (Å²) in [5, 5.41) is 39.8. The number of aromatic nitrogens is 4. The largest absolute Gasteiger partial charge is 0.490 e. The van der Waals surface area contributed by atoms with Crippen LogP contribution in [-0.4, -0.2) is 124 Å². The number of anilines is 2. The van der Waals surface area contributed by atoms with Crippen molar-refractivity contribution in [3.63, 3.8) is 0 Å². The third-order valence-corrected chi connectivity index (χ3v) is 12.3. The SMILES string of the molecule is Nc1ccn([C@@H]2O[C@@H](COP(=O)(O)OP(=O)(O)OP(=O)(O)O)[C@H](O)[C@H]2O)c(=O)n1.Nc1ccn([C@@H]2O[C@H](COP(=O)(O)OP(=O)(O)O)[C@@H](O)[C@H]2O)c(=O)n1. The number of hydrogen-bond donors (Lipinski definition) is 13. The summed E-state index contributed by atoms with van der Waals surface area (Å²) in [5.74, 6) is -0.200. The molecule has 0 amide bonds. The Kier molecular flexibility index (Phi) is 15.0. The van der Waals surface area contributed by atoms with E-state index in [-0.39, 0.29) is 11.6 Å². The third-order valence-electron chi connectivity index (χ3n) is 6.36. The van der Waals surface area contributed by atoms with Crippen LogP contribution >= 0.6 is 39.1 Å². The lowest BCUT2D eigenvalue weighted by molar-refractivity contribution is -0.0541. The van der Waals surface area contributed by atoms with Crippen molar-refractivity contribution in [2.75, 3.05) is 24.7 Å². The highest BCUT2D eigenvalue weighted by molar-refractivity contribution is 7.66. The molecule has 308 valence electrons. The van der Waals surface area contributed by atoms with Gasteiger partial charge in [-0.15, -0.1) is 0 Å². The second-order valence-corrected chi connectivity index (χ2v) is 17.7. The lowest BCUT2D eigenvalue weighted by Crippen LogP contribution is -2.36. The molecule has 4 rings (SSSR count). The standard InChI is InChI=1S/C9H16N3O14P3.C9H15N3O11P2/c10-5-1-2-12(9(15)11-5)8-7(14)6(13)4(24-8)3-23-28(19,20)26-29(21,22)25-27(16,17)18;10-5-1-2-12(9(15)11-5)8-7(14)6(13)4(22-8)3-21-25(19,20)23-24(16,17)18/h1-2,4,6-8,13-14H,3H2,(H,19,20)(H,21,22)(H2,10,11,15)(H2,16,17,18);1-2,4,6-8,13-14H,3H2,(H,19,20)(H2,10,11,15)(H2,16,17,18)/t4-,6-,7+,8+;4-,6-,7-,8-/m01/s1. The van der Waals surface area contributed by atoms with Gasteiger partial charge in [0, 0.05) is 12.4 Å². The topological polar surface area (TPSA) is 494 Å². The van der Waals surface area contributed by atoms with Crippen molar-refractivity contribution >= 4 is 50.7 Å². The molecule has 2 saturated heterocycles. The first kappa shape index (κ1) is 46.2. The van der Waals surface area contributed by atoms with Gasteiger partial charge in [0.1, 0.15) is 48.3 Å². The normalized spacial score (nSPS) is 29.4. The zero-order chi connectivity index (χ0) is 41.2. The molecular formula is C18H31N6O25P5. The highest BCUT2D eigenvalue weighted by Gasteiger charge is 2.48. The molecule has 4 heterocycles. The van der Waals surface area contributed by atoms with Crippen molar-refractivity contribution in [1.29, 1.82) is 0 Å². The second-order valence-electron chi connectivity index (χ2n) is 10.4. The Morgan fingerprint density at radius 3 is 1.26 bits per heavy atom. The van der Waals surface area contributed by atoms with E-state index in [0.29, 0.717) is 0 Å². The van der Waals surface area contributed by atoms with E-state index >= 15 is 0 Å². The van der Waals surface area contributed by atoms with Crippen LogP contribution in [0.4, 0.5) is 11.6 Å². The van der Waals surface area contributed by atoms with Gasteiger partial charge in [0.05, 0.1) is 13.2 Å². The molecule has 0 spiro atoms. The number of aliphatic hydroxyl groups is 4. The van der Waals surface area contributed by atoms with Crippen LogP contribution in [0.1, 0.15) is 12.5 Å². The average Bonchev–Trinajstić information content (AvgIpc) is 3.42. The molecule has 2 aromatic rings. The Bertz CT molecular complexity index is 2000. The second kappa shape index (κ2) is 17.5. The third kappa shape index (κ3) is 13.5. The first-order chi connectivity index (χ1) is 24.5. The molecule has 2 aromatic heterocycles. The van der Waals surface area contributed by atoms with Crippen LogP contribution in [0.15, 0.2) is 34.1 Å². The molecule has 54 heavy (non-hydrogen) atoms. The number of ether oxygens (including phenoxy) is 2. The number of hydrogen-bond acceptors (Lipinski definition) is 22. The van der Waals surface area contributed by atoms with Gasteiger partial charge in [-0.1, -0.05) is 0 Å². The van der Waals surface area contributed by atoms with Crippen LogP contribution in [0.25, 0.3) is 0 Å². The Labute approximate surface area is 298 Å². The fraction of sp³-hybridized carbons (Fsp3) is 0.556. The number of nitrogens with two attached hydrogens (primary N) is 2. The molecule has 31 nitrogen and oxygen atoms in total. The number of phosphoric ester groups is 2. The van der Waals surface area contributed by atoms with Crippen molar-refractivity contribution in [2.24, 2.45) is 0 Å². The number of aliphatic hydroxyl groups excluding tert-OH is 4. The molecule has 0 bridgehead atoms. The molecule has 0 saturated carbocycles. The maximum atomic E-state index is 11.8. The van der Waals surface area contributed by atoms with Crippen molar-refractivity contribution in [2.45, 2.75) is 49.1 Å². The summed E-state index contributed by atoms with van der Waals surface area (Å²) in [6, 6.07) is 2.44. The molecule has 2 aliphatic heterocycles. The fourth-order valence-electron chi connectivity index (χ4n) is 4.23. The molecule has 36 heteroatoms. The monoisotopic (exact) mass is 886 g/mol. The summed E-state index contributed by atoms with van der Waals surface area (Å²) >= 11 is 0. The van der Waals surface area contributed by atoms with Gasteiger partial charge in [-0.2, -0.15) is 22.9 Å². The Hall–Kier alpha value is -2.21. The molecule has 0 aromatic carbocycles. The smallest absolute Gasteiger partial charge is 0.387 e. The summed E-state index contributed by atoms with van der Waals surface area (Å²) in [5.41, 5.74) is 8.84. The Morgan fingerprint density at radius 1 is 0.593 bits per heavy atom. The maximum Gasteiger partial charge on any atom is 0.490 e. The van der Waals surface area contributed by atoms with E-state index in [1.165, 1.54) is 12.1 Å². The Morgan fingerprint density at radius 2 is 0.926 bits per heavy atom. The van der Waals surface area contributed by atoms with Gasteiger partial charge in [0.15, 0.2) is 12.5 Å². The summed E-state index contributed by atoms with van der Waals surface area (Å²) in [7, 11) is -27.2. The van der Waals surface area contributed by atoms with Gasteiger partial charge < -0.3 is 75.6 Å². The number of phosphoric acid groups is 5. The van der Waals surface area contributed by atoms with E-state index in [9.17, 15) is 57.7 Å². The maximum absolute atomic E-state index is 11.8. The predicted molar refractivity (Wildman–Crippen MR) is 166 cm³/mol. The lowest BCUT2D eigenvalue weighted by Gasteiger charge is -2.19. The van der Waals surface area contributed by atoms with Crippen molar-refractivity contribution in [1.82, 2.24) is 19.1 Å². The van der Waals surface area contributed by atoms with E-state index < -0.39 is 113 Å². The van der Waals surface area contributed by atoms with Crippen LogP contribution in [0.2, 0.25) is 0 Å². The van der Waals surface area contributed by atoms with E-state index in [1.54, 1.807) is 0 Å².